The molecule has 0 saturated heterocycles. The van der Waals surface area contributed by atoms with Crippen molar-refractivity contribution in [1.82, 2.24) is 10.3 Å². The van der Waals surface area contributed by atoms with Gasteiger partial charge < -0.3 is 5.32 Å². The number of rotatable bonds is 5. The summed E-state index contributed by atoms with van der Waals surface area (Å²) in [6, 6.07) is 8.86. The van der Waals surface area contributed by atoms with Crippen molar-refractivity contribution in [2.75, 3.05) is 6.54 Å². The van der Waals surface area contributed by atoms with Crippen molar-refractivity contribution in [1.29, 1.82) is 0 Å². The van der Waals surface area contributed by atoms with E-state index >= 15 is 0 Å². The first-order chi connectivity index (χ1) is 9.65. The Kier molecular flexibility index (Phi) is 5.10. The molecule has 0 aliphatic heterocycles. The molecule has 1 aromatic carbocycles. The van der Waals surface area contributed by atoms with E-state index < -0.39 is 0 Å². The van der Waals surface area contributed by atoms with Crippen molar-refractivity contribution < 1.29 is 4.39 Å². The molecule has 1 heterocycles. The van der Waals surface area contributed by atoms with Gasteiger partial charge in [-0.15, -0.1) is 0 Å². The predicted molar refractivity (Wildman–Crippen MR) is 80.5 cm³/mol. The first-order valence-corrected chi connectivity index (χ1v) is 7.10. The molecule has 0 saturated carbocycles. The Balaban J connectivity index is 2.38. The minimum Gasteiger partial charge on any atom is -0.310 e. The molecular weight excluding hydrogens is 275 g/mol. The van der Waals surface area contributed by atoms with Gasteiger partial charge in [0, 0.05) is 24.4 Å². The van der Waals surface area contributed by atoms with Crippen LogP contribution in [0.5, 0.6) is 0 Å². The number of nitrogens with zero attached hydrogens (tertiary/aromatic N) is 1. The summed E-state index contributed by atoms with van der Waals surface area (Å²) in [7, 11) is 0. The maximum atomic E-state index is 13.7. The highest BCUT2D eigenvalue weighted by Crippen LogP contribution is 2.35. The Hall–Kier alpha value is -1.45. The van der Waals surface area contributed by atoms with Crippen molar-refractivity contribution in [3.63, 3.8) is 0 Å². The number of hydrogen-bond acceptors (Lipinski definition) is 2. The average Bonchev–Trinajstić information content (AvgIpc) is 2.48. The van der Waals surface area contributed by atoms with Crippen LogP contribution in [0.3, 0.4) is 0 Å². The predicted octanol–water partition coefficient (Wildman–Crippen LogP) is 4.33. The Morgan fingerprint density at radius 1 is 1.25 bits per heavy atom. The van der Waals surface area contributed by atoms with Crippen LogP contribution in [-0.2, 0) is 0 Å². The topological polar surface area (TPSA) is 24.9 Å². The van der Waals surface area contributed by atoms with E-state index in [0.717, 1.165) is 17.7 Å². The molecule has 2 aromatic rings. The monoisotopic (exact) mass is 292 g/mol. The summed E-state index contributed by atoms with van der Waals surface area (Å²) in [6.07, 6.45) is 3.53. The Morgan fingerprint density at radius 2 is 1.95 bits per heavy atom. The number of pyridine rings is 1. The van der Waals surface area contributed by atoms with Gasteiger partial charge in [0.15, 0.2) is 0 Å². The fourth-order valence-electron chi connectivity index (χ4n) is 2.40. The second kappa shape index (κ2) is 6.82. The van der Waals surface area contributed by atoms with Crippen LogP contribution in [0.4, 0.5) is 4.39 Å². The van der Waals surface area contributed by atoms with E-state index in [1.54, 1.807) is 18.5 Å². The van der Waals surface area contributed by atoms with E-state index in [0.29, 0.717) is 0 Å². The first kappa shape index (κ1) is 14.9. The van der Waals surface area contributed by atoms with Gasteiger partial charge in [-0.3, -0.25) is 4.98 Å². The molecule has 0 aliphatic rings. The molecule has 106 valence electrons. The highest BCUT2D eigenvalue weighted by Gasteiger charge is 2.23. The number of benzene rings is 1. The molecule has 20 heavy (non-hydrogen) atoms. The molecule has 0 amide bonds. The standard InChI is InChI=1S/C16H18ClFN2/c1-3-20-16(11(2)12-7-9-19-10-8-12)13-5-4-6-14(18)15(13)17/h4-11,16,20H,3H2,1-2H3. The van der Waals surface area contributed by atoms with Crippen LogP contribution in [0.2, 0.25) is 5.02 Å². The van der Waals surface area contributed by atoms with Crippen LogP contribution in [-0.4, -0.2) is 11.5 Å². The third-order valence-electron chi connectivity index (χ3n) is 3.47. The second-order valence-electron chi connectivity index (χ2n) is 4.75. The zero-order valence-corrected chi connectivity index (χ0v) is 12.4. The van der Waals surface area contributed by atoms with Crippen LogP contribution in [0.15, 0.2) is 42.7 Å². The molecule has 0 radical (unpaired) electrons. The molecular formula is C16H18ClFN2. The van der Waals surface area contributed by atoms with Crippen molar-refractivity contribution in [2.24, 2.45) is 0 Å². The lowest BCUT2D eigenvalue weighted by Gasteiger charge is -2.26. The summed E-state index contributed by atoms with van der Waals surface area (Å²) in [5, 5.41) is 3.59. The number of halogens is 2. The maximum Gasteiger partial charge on any atom is 0.142 e. The van der Waals surface area contributed by atoms with Gasteiger partial charge in [0.2, 0.25) is 0 Å². The minimum absolute atomic E-state index is 0.0365. The molecule has 0 bridgehead atoms. The second-order valence-corrected chi connectivity index (χ2v) is 5.13. The van der Waals surface area contributed by atoms with Gasteiger partial charge in [-0.25, -0.2) is 4.39 Å². The van der Waals surface area contributed by atoms with Crippen LogP contribution in [0, 0.1) is 5.82 Å². The molecule has 4 heteroatoms. The quantitative estimate of drug-likeness (QED) is 0.887. The lowest BCUT2D eigenvalue weighted by molar-refractivity contribution is 0.476. The summed E-state index contributed by atoms with van der Waals surface area (Å²) in [4.78, 5) is 4.03. The fraction of sp³-hybridized carbons (Fsp3) is 0.312. The number of nitrogens with one attached hydrogen (secondary N) is 1. The molecule has 2 nitrogen and oxygen atoms in total. The fourth-order valence-corrected chi connectivity index (χ4v) is 2.64. The molecule has 0 fully saturated rings. The largest absolute Gasteiger partial charge is 0.310 e. The highest BCUT2D eigenvalue weighted by atomic mass is 35.5. The summed E-state index contributed by atoms with van der Waals surface area (Å²) >= 11 is 6.13. The Morgan fingerprint density at radius 3 is 2.60 bits per heavy atom. The average molecular weight is 293 g/mol. The molecule has 2 atom stereocenters. The lowest BCUT2D eigenvalue weighted by atomic mass is 9.89. The van der Waals surface area contributed by atoms with E-state index in [1.807, 2.05) is 25.1 Å². The van der Waals surface area contributed by atoms with E-state index in [1.165, 1.54) is 6.07 Å². The van der Waals surface area contributed by atoms with Crippen LogP contribution < -0.4 is 5.32 Å². The van der Waals surface area contributed by atoms with Gasteiger partial charge >= 0.3 is 0 Å². The SMILES string of the molecule is CCNC(c1cccc(F)c1Cl)C(C)c1ccncc1. The molecule has 2 unspecified atom stereocenters. The van der Waals surface area contributed by atoms with E-state index in [4.69, 9.17) is 11.6 Å². The summed E-state index contributed by atoms with van der Waals surface area (Å²) in [6.45, 7) is 4.91. The van der Waals surface area contributed by atoms with Crippen LogP contribution in [0.1, 0.15) is 36.9 Å². The zero-order valence-electron chi connectivity index (χ0n) is 11.6. The molecule has 2 rings (SSSR count). The highest BCUT2D eigenvalue weighted by molar-refractivity contribution is 6.31. The molecule has 1 N–H and O–H groups in total. The van der Waals surface area contributed by atoms with Crippen molar-refractivity contribution in [2.45, 2.75) is 25.8 Å². The summed E-state index contributed by atoms with van der Waals surface area (Å²) in [5.74, 6) is -0.216. The molecule has 1 aromatic heterocycles. The normalized spacial score (nSPS) is 14.0. The minimum atomic E-state index is -0.381. The third-order valence-corrected chi connectivity index (χ3v) is 3.87. The van der Waals surface area contributed by atoms with Crippen molar-refractivity contribution in [3.05, 3.63) is 64.7 Å². The van der Waals surface area contributed by atoms with E-state index in [-0.39, 0.29) is 22.8 Å². The lowest BCUT2D eigenvalue weighted by Crippen LogP contribution is -2.26. The Labute approximate surface area is 124 Å². The van der Waals surface area contributed by atoms with Gasteiger partial charge in [0.05, 0.1) is 5.02 Å². The van der Waals surface area contributed by atoms with Gasteiger partial charge in [-0.2, -0.15) is 0 Å². The zero-order chi connectivity index (χ0) is 14.5. The van der Waals surface area contributed by atoms with Gasteiger partial charge in [-0.1, -0.05) is 37.6 Å². The summed E-state index contributed by atoms with van der Waals surface area (Å²) in [5.41, 5.74) is 1.93. The van der Waals surface area contributed by atoms with Crippen molar-refractivity contribution >= 4 is 11.6 Å². The molecule has 0 spiro atoms. The van der Waals surface area contributed by atoms with Crippen molar-refractivity contribution in [3.8, 4) is 0 Å². The van der Waals surface area contributed by atoms with Crippen LogP contribution >= 0.6 is 11.6 Å². The number of likely N-dealkylation sites (N-methyl/N-ethyl adjacent to an activating group) is 1. The van der Waals surface area contributed by atoms with Gasteiger partial charge in [-0.05, 0) is 35.9 Å². The molecule has 0 aliphatic carbocycles. The summed E-state index contributed by atoms with van der Waals surface area (Å²) < 4.78 is 13.7. The Bertz CT molecular complexity index is 560. The third kappa shape index (κ3) is 3.17. The smallest absolute Gasteiger partial charge is 0.142 e. The van der Waals surface area contributed by atoms with E-state index in [2.05, 4.69) is 17.2 Å². The van der Waals surface area contributed by atoms with Gasteiger partial charge in [0.25, 0.3) is 0 Å². The number of aromatic nitrogens is 1. The van der Waals surface area contributed by atoms with Gasteiger partial charge in [0.1, 0.15) is 5.82 Å². The number of hydrogen-bond donors (Lipinski definition) is 1. The first-order valence-electron chi connectivity index (χ1n) is 6.72. The van der Waals surface area contributed by atoms with Crippen LogP contribution in [0.25, 0.3) is 0 Å². The van der Waals surface area contributed by atoms with E-state index in [9.17, 15) is 4.39 Å². The maximum absolute atomic E-state index is 13.7.